The van der Waals surface area contributed by atoms with E-state index in [1.54, 1.807) is 35.6 Å². The lowest BCUT2D eigenvalue weighted by atomic mass is 10.2. The van der Waals surface area contributed by atoms with E-state index in [4.69, 9.17) is 9.40 Å². The molecular formula is C19H15N3OS2. The molecule has 0 saturated heterocycles. The molecular weight excluding hydrogens is 350 g/mol. The lowest BCUT2D eigenvalue weighted by Gasteiger charge is -2.11. The van der Waals surface area contributed by atoms with Gasteiger partial charge in [-0.3, -0.25) is 0 Å². The van der Waals surface area contributed by atoms with Crippen molar-refractivity contribution < 1.29 is 4.42 Å². The molecule has 3 aromatic heterocycles. The van der Waals surface area contributed by atoms with Gasteiger partial charge in [0.1, 0.15) is 22.7 Å². The lowest BCUT2D eigenvalue weighted by molar-refractivity contribution is 0.530. The monoisotopic (exact) mass is 365 g/mol. The van der Waals surface area contributed by atoms with Crippen molar-refractivity contribution in [3.8, 4) is 11.3 Å². The van der Waals surface area contributed by atoms with E-state index in [-0.39, 0.29) is 0 Å². The summed E-state index contributed by atoms with van der Waals surface area (Å²) >= 11 is 3.19. The summed E-state index contributed by atoms with van der Waals surface area (Å²) in [6.45, 7) is 1.93. The maximum atomic E-state index is 5.36. The molecule has 4 rings (SSSR count). The van der Waals surface area contributed by atoms with Crippen LogP contribution in [0, 0.1) is 6.92 Å². The number of hydrogen-bond donors (Lipinski definition) is 1. The van der Waals surface area contributed by atoms with E-state index in [1.165, 1.54) is 0 Å². The molecule has 0 aliphatic carbocycles. The fourth-order valence-corrected chi connectivity index (χ4v) is 3.81. The van der Waals surface area contributed by atoms with Crippen molar-refractivity contribution in [2.24, 2.45) is 0 Å². The highest BCUT2D eigenvalue weighted by Gasteiger charge is 2.12. The molecule has 124 valence electrons. The second-order valence-electron chi connectivity index (χ2n) is 5.40. The second kappa shape index (κ2) is 7.13. The van der Waals surface area contributed by atoms with Crippen LogP contribution < -0.4 is 5.32 Å². The first kappa shape index (κ1) is 15.9. The van der Waals surface area contributed by atoms with E-state index in [0.29, 0.717) is 0 Å². The highest BCUT2D eigenvalue weighted by molar-refractivity contribution is 7.99. The molecule has 0 bridgehead atoms. The number of furan rings is 1. The zero-order valence-corrected chi connectivity index (χ0v) is 15.1. The average Bonchev–Trinajstić information content (AvgIpc) is 3.29. The molecule has 25 heavy (non-hydrogen) atoms. The molecule has 0 aliphatic rings. The van der Waals surface area contributed by atoms with Gasteiger partial charge in [-0.05, 0) is 36.6 Å². The van der Waals surface area contributed by atoms with Crippen LogP contribution in [0.15, 0.2) is 80.0 Å². The van der Waals surface area contributed by atoms with Gasteiger partial charge in [0.05, 0.1) is 11.1 Å². The summed E-state index contributed by atoms with van der Waals surface area (Å²) in [5.74, 6) is 1.63. The van der Waals surface area contributed by atoms with Crippen LogP contribution in [0.5, 0.6) is 0 Å². The van der Waals surface area contributed by atoms with Crippen LogP contribution in [0.1, 0.15) is 5.76 Å². The molecule has 0 fully saturated rings. The smallest absolute Gasteiger partial charge is 0.157 e. The minimum Gasteiger partial charge on any atom is -0.468 e. The van der Waals surface area contributed by atoms with E-state index in [9.17, 15) is 0 Å². The van der Waals surface area contributed by atoms with Gasteiger partial charge in [0.25, 0.3) is 0 Å². The van der Waals surface area contributed by atoms with Crippen molar-refractivity contribution in [2.45, 2.75) is 16.8 Å². The Hall–Kier alpha value is -2.57. The number of hydrogen-bond acceptors (Lipinski definition) is 6. The summed E-state index contributed by atoms with van der Waals surface area (Å²) in [4.78, 5) is 10.5. The molecule has 0 unspecified atom stereocenters. The number of aryl methyl sites for hydroxylation is 1. The predicted octanol–water partition coefficient (Wildman–Crippen LogP) is 6.00. The minimum atomic E-state index is 0.748. The fraction of sp³-hybridized carbons (Fsp3) is 0.0526. The molecule has 1 N–H and O–H groups in total. The number of anilines is 2. The van der Waals surface area contributed by atoms with Gasteiger partial charge in [-0.25, -0.2) is 9.97 Å². The van der Waals surface area contributed by atoms with Crippen molar-refractivity contribution in [3.63, 3.8) is 0 Å². The maximum Gasteiger partial charge on any atom is 0.157 e. The quantitative estimate of drug-likeness (QED) is 0.470. The standard InChI is InChI=1S/C19H15N3OS2/c1-13-9-16(11-23-13)25-17-10-20-19(21-15-5-3-2-4-6-15)18(22-17)14-7-8-24-12-14/h2-12H,1H3,(H,20,21). The molecule has 0 atom stereocenters. The first-order valence-corrected chi connectivity index (χ1v) is 9.48. The highest BCUT2D eigenvalue weighted by Crippen LogP contribution is 2.33. The zero-order valence-electron chi connectivity index (χ0n) is 13.5. The molecule has 4 aromatic rings. The van der Waals surface area contributed by atoms with Crippen LogP contribution in [0.2, 0.25) is 0 Å². The number of aromatic nitrogens is 2. The van der Waals surface area contributed by atoms with E-state index in [1.807, 2.05) is 48.7 Å². The van der Waals surface area contributed by atoms with Crippen LogP contribution in [0.4, 0.5) is 11.5 Å². The highest BCUT2D eigenvalue weighted by atomic mass is 32.2. The van der Waals surface area contributed by atoms with Gasteiger partial charge in [-0.2, -0.15) is 11.3 Å². The SMILES string of the molecule is Cc1cc(Sc2cnc(Nc3ccccc3)c(-c3ccsc3)n2)co1. The van der Waals surface area contributed by atoms with Crippen molar-refractivity contribution >= 4 is 34.6 Å². The van der Waals surface area contributed by atoms with Crippen LogP contribution in [0.25, 0.3) is 11.3 Å². The Morgan fingerprint density at radius 3 is 2.76 bits per heavy atom. The van der Waals surface area contributed by atoms with Gasteiger partial charge in [0.15, 0.2) is 5.82 Å². The van der Waals surface area contributed by atoms with Gasteiger partial charge in [-0.15, -0.1) is 0 Å². The molecule has 1 aromatic carbocycles. The molecule has 3 heterocycles. The third-order valence-corrected chi connectivity index (χ3v) is 5.05. The zero-order chi connectivity index (χ0) is 17.1. The van der Waals surface area contributed by atoms with E-state index < -0.39 is 0 Å². The topological polar surface area (TPSA) is 51.0 Å². The summed E-state index contributed by atoms with van der Waals surface area (Å²) in [5.41, 5.74) is 2.89. The van der Waals surface area contributed by atoms with E-state index in [0.717, 1.165) is 38.4 Å². The second-order valence-corrected chi connectivity index (χ2v) is 7.28. The van der Waals surface area contributed by atoms with Gasteiger partial charge < -0.3 is 9.73 Å². The van der Waals surface area contributed by atoms with Crippen LogP contribution in [-0.4, -0.2) is 9.97 Å². The Bertz CT molecular complexity index is 966. The van der Waals surface area contributed by atoms with Crippen molar-refractivity contribution in [1.29, 1.82) is 0 Å². The lowest BCUT2D eigenvalue weighted by Crippen LogP contribution is -1.99. The number of rotatable bonds is 5. The number of benzene rings is 1. The van der Waals surface area contributed by atoms with E-state index in [2.05, 4.69) is 21.7 Å². The molecule has 0 saturated carbocycles. The first-order valence-electron chi connectivity index (χ1n) is 7.72. The predicted molar refractivity (Wildman–Crippen MR) is 103 cm³/mol. The number of thiophene rings is 1. The summed E-state index contributed by atoms with van der Waals surface area (Å²) in [6.07, 6.45) is 3.52. The van der Waals surface area contributed by atoms with Crippen molar-refractivity contribution in [3.05, 3.63) is 71.4 Å². The Kier molecular flexibility index (Phi) is 4.54. The van der Waals surface area contributed by atoms with Crippen molar-refractivity contribution in [2.75, 3.05) is 5.32 Å². The summed E-state index contributed by atoms with van der Waals surface area (Å²) in [7, 11) is 0. The van der Waals surface area contributed by atoms with Gasteiger partial charge in [0, 0.05) is 16.6 Å². The molecule has 0 spiro atoms. The summed E-state index contributed by atoms with van der Waals surface area (Å²) in [5, 5.41) is 8.32. The van der Waals surface area contributed by atoms with Gasteiger partial charge >= 0.3 is 0 Å². The van der Waals surface area contributed by atoms with Crippen LogP contribution >= 0.6 is 23.1 Å². The number of nitrogens with zero attached hydrogens (tertiary/aromatic N) is 2. The Balaban J connectivity index is 1.69. The van der Waals surface area contributed by atoms with Crippen LogP contribution in [0.3, 0.4) is 0 Å². The molecule has 0 aliphatic heterocycles. The Morgan fingerprint density at radius 2 is 2.04 bits per heavy atom. The molecule has 0 radical (unpaired) electrons. The van der Waals surface area contributed by atoms with Crippen molar-refractivity contribution in [1.82, 2.24) is 9.97 Å². The molecule has 6 heteroatoms. The van der Waals surface area contributed by atoms with E-state index >= 15 is 0 Å². The fourth-order valence-electron chi connectivity index (χ4n) is 2.37. The average molecular weight is 365 g/mol. The summed E-state index contributed by atoms with van der Waals surface area (Å²) < 4.78 is 5.36. The third kappa shape index (κ3) is 3.75. The first-order chi connectivity index (χ1) is 12.3. The minimum absolute atomic E-state index is 0.748. The maximum absolute atomic E-state index is 5.36. The molecule has 4 nitrogen and oxygen atoms in total. The number of nitrogens with one attached hydrogen (secondary N) is 1. The van der Waals surface area contributed by atoms with Gasteiger partial charge in [0.2, 0.25) is 0 Å². The Morgan fingerprint density at radius 1 is 1.16 bits per heavy atom. The normalized spacial score (nSPS) is 10.8. The summed E-state index contributed by atoms with van der Waals surface area (Å²) in [6, 6.07) is 14.0. The molecule has 0 amide bonds. The number of para-hydroxylation sites is 1. The Labute approximate surface area is 154 Å². The van der Waals surface area contributed by atoms with Crippen LogP contribution in [-0.2, 0) is 0 Å². The largest absolute Gasteiger partial charge is 0.468 e. The third-order valence-electron chi connectivity index (χ3n) is 3.51. The van der Waals surface area contributed by atoms with Gasteiger partial charge in [-0.1, -0.05) is 30.0 Å².